The van der Waals surface area contributed by atoms with E-state index in [1.54, 1.807) is 23.4 Å². The van der Waals surface area contributed by atoms with Gasteiger partial charge in [-0.3, -0.25) is 4.79 Å². The number of carbonyl (C=O) groups is 1. The first kappa shape index (κ1) is 21.1. The molecule has 30 heavy (non-hydrogen) atoms. The Labute approximate surface area is 184 Å². The van der Waals surface area contributed by atoms with Crippen LogP contribution in [0.2, 0.25) is 5.02 Å². The Kier molecular flexibility index (Phi) is 5.99. The highest BCUT2D eigenvalue weighted by molar-refractivity contribution is 8.15. The Morgan fingerprint density at radius 1 is 1.23 bits per heavy atom. The van der Waals surface area contributed by atoms with Crippen LogP contribution in [0.1, 0.15) is 16.7 Å². The lowest BCUT2D eigenvalue weighted by atomic mass is 10.1. The van der Waals surface area contributed by atoms with Gasteiger partial charge in [-0.25, -0.2) is 13.4 Å². The summed E-state index contributed by atoms with van der Waals surface area (Å²) in [5.74, 6) is -0.202. The van der Waals surface area contributed by atoms with Crippen LogP contribution < -0.4 is 0 Å². The van der Waals surface area contributed by atoms with Gasteiger partial charge in [0.05, 0.1) is 35.4 Å². The Balaban J connectivity index is 1.57. The molecule has 2 fully saturated rings. The number of carbonyl (C=O) groups excluding carboxylic acids is 1. The number of rotatable bonds is 4. The summed E-state index contributed by atoms with van der Waals surface area (Å²) in [5, 5.41) is 6.96. The quantitative estimate of drug-likeness (QED) is 0.652. The number of amidine groups is 1. The van der Waals surface area contributed by atoms with Crippen molar-refractivity contribution in [2.45, 2.75) is 24.6 Å². The molecule has 0 aliphatic carbocycles. The summed E-state index contributed by atoms with van der Waals surface area (Å²) in [6, 6.07) is 14.6. The number of aryl methyl sites for hydroxylation is 1. The number of hydrazone groups is 1. The maximum atomic E-state index is 12.6. The fourth-order valence-electron chi connectivity index (χ4n) is 3.50. The summed E-state index contributed by atoms with van der Waals surface area (Å²) in [6.07, 6.45) is 1.82. The smallest absolute Gasteiger partial charge is 0.252 e. The average molecular weight is 462 g/mol. The zero-order valence-electron chi connectivity index (χ0n) is 16.2. The third kappa shape index (κ3) is 4.94. The van der Waals surface area contributed by atoms with E-state index < -0.39 is 9.84 Å². The van der Waals surface area contributed by atoms with Gasteiger partial charge in [0, 0.05) is 5.02 Å². The summed E-state index contributed by atoms with van der Waals surface area (Å²) in [7, 11) is -3.13. The summed E-state index contributed by atoms with van der Waals surface area (Å²) in [4.78, 5) is 16.8. The van der Waals surface area contributed by atoms with Crippen molar-refractivity contribution in [1.29, 1.82) is 0 Å². The number of halogens is 1. The fraction of sp³-hybridized carbons (Fsp3) is 0.286. The molecule has 2 atom stereocenters. The van der Waals surface area contributed by atoms with E-state index in [4.69, 9.17) is 11.6 Å². The predicted molar refractivity (Wildman–Crippen MR) is 122 cm³/mol. The van der Waals surface area contributed by atoms with Crippen LogP contribution in [0.4, 0.5) is 0 Å². The molecule has 9 heteroatoms. The molecule has 2 aliphatic heterocycles. The van der Waals surface area contributed by atoms with Crippen molar-refractivity contribution in [3.63, 3.8) is 0 Å². The molecule has 4 rings (SSSR count). The number of hydrogen-bond donors (Lipinski definition) is 0. The number of hydrogen-bond acceptors (Lipinski definition) is 5. The number of amides is 1. The van der Waals surface area contributed by atoms with Gasteiger partial charge >= 0.3 is 0 Å². The van der Waals surface area contributed by atoms with Gasteiger partial charge in [0.1, 0.15) is 0 Å². The number of aliphatic imine (C=N–C) groups is 1. The molecule has 0 saturated carbocycles. The molecule has 0 bridgehead atoms. The zero-order valence-corrected chi connectivity index (χ0v) is 18.6. The molecule has 0 N–H and O–H groups in total. The van der Waals surface area contributed by atoms with Crippen molar-refractivity contribution in [1.82, 2.24) is 5.01 Å². The Hall–Kier alpha value is -2.16. The van der Waals surface area contributed by atoms with Crippen LogP contribution in [0, 0.1) is 6.92 Å². The molecule has 156 valence electrons. The molecule has 6 nitrogen and oxygen atoms in total. The first-order valence-corrected chi connectivity index (χ1v) is 12.5. The molecular formula is C21H20ClN3O3S2. The summed E-state index contributed by atoms with van der Waals surface area (Å²) in [5.41, 5.74) is 2.79. The minimum absolute atomic E-state index is 0.00765. The Morgan fingerprint density at radius 2 is 2.00 bits per heavy atom. The first-order chi connectivity index (χ1) is 14.3. The number of sulfone groups is 1. The molecule has 2 unspecified atom stereocenters. The number of nitrogens with zero attached hydrogens (tertiary/aromatic N) is 3. The minimum atomic E-state index is -3.13. The van der Waals surface area contributed by atoms with Crippen LogP contribution in [0.25, 0.3) is 0 Å². The molecule has 2 aromatic rings. The number of benzene rings is 2. The molecule has 0 aromatic heterocycles. The van der Waals surface area contributed by atoms with E-state index in [2.05, 4.69) is 10.1 Å². The largest absolute Gasteiger partial charge is 0.272 e. The lowest BCUT2D eigenvalue weighted by Gasteiger charge is -2.18. The topological polar surface area (TPSA) is 79.2 Å². The van der Waals surface area contributed by atoms with Crippen molar-refractivity contribution in [3.8, 4) is 0 Å². The number of thioether (sulfide) groups is 1. The van der Waals surface area contributed by atoms with Gasteiger partial charge in [0.2, 0.25) is 0 Å². The Bertz CT molecular complexity index is 1130. The monoisotopic (exact) mass is 461 g/mol. The first-order valence-electron chi connectivity index (χ1n) is 9.42. The highest BCUT2D eigenvalue weighted by atomic mass is 35.5. The molecule has 0 spiro atoms. The predicted octanol–water partition coefficient (Wildman–Crippen LogP) is 3.32. The molecule has 2 saturated heterocycles. The maximum Gasteiger partial charge on any atom is 0.252 e. The molecule has 2 heterocycles. The van der Waals surface area contributed by atoms with Crippen LogP contribution in [0.5, 0.6) is 0 Å². The van der Waals surface area contributed by atoms with Gasteiger partial charge in [-0.05, 0) is 30.2 Å². The molecule has 0 radical (unpaired) electrons. The molecule has 2 aliphatic rings. The lowest BCUT2D eigenvalue weighted by molar-refractivity contribution is -0.117. The van der Waals surface area contributed by atoms with E-state index >= 15 is 0 Å². The second kappa shape index (κ2) is 8.53. The standard InChI is InChI=1S/C21H20ClN3O3S2/c1-14-3-2-4-16(9-14)10-20(26)24-21-25(18-12-30(27,28)13-19(18)29-21)23-11-15-5-7-17(22)8-6-15/h2-9,11,18-19H,10,12-13H2,1H3. The summed E-state index contributed by atoms with van der Waals surface area (Å²) < 4.78 is 24.2. The van der Waals surface area contributed by atoms with Gasteiger partial charge in [0.25, 0.3) is 5.91 Å². The highest BCUT2D eigenvalue weighted by Crippen LogP contribution is 2.38. The third-order valence-electron chi connectivity index (χ3n) is 4.90. The number of fused-ring (bicyclic) bond motifs is 1. The van der Waals surface area contributed by atoms with E-state index in [1.165, 1.54) is 11.8 Å². The van der Waals surface area contributed by atoms with Gasteiger partial charge in [-0.15, -0.1) is 0 Å². The van der Waals surface area contributed by atoms with E-state index in [1.807, 2.05) is 43.3 Å². The van der Waals surface area contributed by atoms with Crippen LogP contribution in [0.15, 0.2) is 58.6 Å². The van der Waals surface area contributed by atoms with E-state index in [-0.39, 0.29) is 35.1 Å². The van der Waals surface area contributed by atoms with E-state index in [0.29, 0.717) is 10.2 Å². The van der Waals surface area contributed by atoms with Crippen LogP contribution in [0.3, 0.4) is 0 Å². The minimum Gasteiger partial charge on any atom is -0.272 e. The second-order valence-electron chi connectivity index (χ2n) is 7.40. The van der Waals surface area contributed by atoms with Crippen molar-refractivity contribution in [2.75, 3.05) is 11.5 Å². The average Bonchev–Trinajstić information content (AvgIpc) is 3.12. The second-order valence-corrected chi connectivity index (χ2v) is 11.2. The zero-order chi connectivity index (χ0) is 21.3. The van der Waals surface area contributed by atoms with Gasteiger partial charge < -0.3 is 0 Å². The van der Waals surface area contributed by atoms with E-state index in [9.17, 15) is 13.2 Å². The molecular weight excluding hydrogens is 442 g/mol. The molecule has 2 aromatic carbocycles. The third-order valence-corrected chi connectivity index (χ3v) is 8.35. The van der Waals surface area contributed by atoms with Gasteiger partial charge in [0.15, 0.2) is 15.0 Å². The van der Waals surface area contributed by atoms with Gasteiger partial charge in [-0.2, -0.15) is 10.1 Å². The van der Waals surface area contributed by atoms with Crippen LogP contribution in [-0.4, -0.2) is 53.5 Å². The van der Waals surface area contributed by atoms with Crippen molar-refractivity contribution < 1.29 is 13.2 Å². The SMILES string of the molecule is Cc1cccc(CC(=O)N=C2SC3CS(=O)(=O)CC3N2N=Cc2ccc(Cl)cc2)c1. The molecule has 1 amide bonds. The van der Waals surface area contributed by atoms with E-state index in [0.717, 1.165) is 16.7 Å². The maximum absolute atomic E-state index is 12.6. The van der Waals surface area contributed by atoms with Crippen molar-refractivity contribution in [3.05, 3.63) is 70.2 Å². The highest BCUT2D eigenvalue weighted by Gasteiger charge is 2.49. The summed E-state index contributed by atoms with van der Waals surface area (Å²) in [6.45, 7) is 1.97. The Morgan fingerprint density at radius 3 is 2.73 bits per heavy atom. The van der Waals surface area contributed by atoms with Crippen LogP contribution >= 0.6 is 23.4 Å². The van der Waals surface area contributed by atoms with Crippen molar-refractivity contribution >= 4 is 50.5 Å². The lowest BCUT2D eigenvalue weighted by Crippen LogP contribution is -2.33. The fourth-order valence-corrected chi connectivity index (χ4v) is 7.48. The van der Waals surface area contributed by atoms with Crippen molar-refractivity contribution in [2.24, 2.45) is 10.1 Å². The normalized spacial score (nSPS) is 23.9. The summed E-state index contributed by atoms with van der Waals surface area (Å²) >= 11 is 7.23. The van der Waals surface area contributed by atoms with Gasteiger partial charge in [-0.1, -0.05) is 65.3 Å². The van der Waals surface area contributed by atoms with Crippen LogP contribution in [-0.2, 0) is 21.1 Å².